The molecule has 0 fully saturated rings. The molecule has 5 heteroatoms. The van der Waals surface area contributed by atoms with E-state index in [1.54, 1.807) is 0 Å². The predicted molar refractivity (Wildman–Crippen MR) is 49.5 cm³/mol. The minimum Gasteiger partial charge on any atom is -0.522 e. The number of carbonyl (C=O) groups is 1. The Kier molecular flexibility index (Phi) is 12.0. The largest absolute Gasteiger partial charge is 0.522 e. The van der Waals surface area contributed by atoms with E-state index < -0.39 is 15.9 Å². The molecular weight excluding hydrogens is 176 g/mol. The van der Waals surface area contributed by atoms with Crippen molar-refractivity contribution in [1.29, 1.82) is 0 Å². The molecule has 0 saturated carbocycles. The molecule has 2 N–H and O–H groups in total. The molecule has 0 bridgehead atoms. The first-order valence-electron chi connectivity index (χ1n) is 3.66. The van der Waals surface area contributed by atoms with Crippen molar-refractivity contribution in [3.8, 4) is 0 Å². The van der Waals surface area contributed by atoms with Crippen molar-refractivity contribution in [3.63, 3.8) is 0 Å². The molecule has 0 rings (SSSR count). The van der Waals surface area contributed by atoms with Crippen molar-refractivity contribution < 1.29 is 19.4 Å². The molecule has 0 saturated heterocycles. The van der Waals surface area contributed by atoms with Crippen LogP contribution in [0, 0.1) is 0 Å². The van der Waals surface area contributed by atoms with E-state index >= 15 is 0 Å². The monoisotopic (exact) mass is 192 g/mol. The molecule has 0 radical (unpaired) electrons. The van der Waals surface area contributed by atoms with E-state index in [0.717, 1.165) is 0 Å². The van der Waals surface area contributed by atoms with Gasteiger partial charge in [0.2, 0.25) is 9.76 Å². The van der Waals surface area contributed by atoms with Gasteiger partial charge in [0, 0.05) is 6.08 Å². The fourth-order valence-electron chi connectivity index (χ4n) is 0.201. The van der Waals surface area contributed by atoms with Gasteiger partial charge in [-0.2, -0.15) is 0 Å². The third-order valence-corrected chi connectivity index (χ3v) is 1.29. The number of aliphatic hydroxyl groups excluding tert-OH is 2. The molecule has 12 heavy (non-hydrogen) atoms. The second-order valence-electron chi connectivity index (χ2n) is 1.99. The standard InChI is InChI=1S/C4H8O2Si.C3H8O2/c1-3-4(5)6-7-2;1-3(5)2-4/h3H,1,7H2,2H3;3-5H,2H2,1H3. The van der Waals surface area contributed by atoms with Gasteiger partial charge in [0.1, 0.15) is 0 Å². The fourth-order valence-corrected chi connectivity index (χ4v) is 0.604. The lowest BCUT2D eigenvalue weighted by atomic mass is 10.5. The second-order valence-corrected chi connectivity index (χ2v) is 2.85. The number of carbonyl (C=O) groups excluding carboxylic acids is 1. The summed E-state index contributed by atoms with van der Waals surface area (Å²) in [4.78, 5) is 10.1. The van der Waals surface area contributed by atoms with Gasteiger partial charge in [0.15, 0.2) is 0 Å². The Balaban J connectivity index is 0. The summed E-state index contributed by atoms with van der Waals surface area (Å²) in [6.07, 6.45) is 0.617. The average molecular weight is 192 g/mol. The molecule has 4 nitrogen and oxygen atoms in total. The van der Waals surface area contributed by atoms with Crippen molar-refractivity contribution in [2.45, 2.75) is 19.6 Å². The van der Waals surface area contributed by atoms with Gasteiger partial charge in [0.05, 0.1) is 12.7 Å². The highest BCUT2D eigenvalue weighted by molar-refractivity contribution is 6.29. The van der Waals surface area contributed by atoms with Crippen LogP contribution in [-0.4, -0.2) is 38.7 Å². The Bertz CT molecular complexity index is 125. The fraction of sp³-hybridized carbons (Fsp3) is 0.571. The summed E-state index contributed by atoms with van der Waals surface area (Å²) >= 11 is 0. The van der Waals surface area contributed by atoms with Crippen molar-refractivity contribution in [2.75, 3.05) is 6.61 Å². The SMILES string of the molecule is C=CC(=O)O[SiH2]C.CC(O)CO. The van der Waals surface area contributed by atoms with Gasteiger partial charge >= 0.3 is 5.97 Å². The van der Waals surface area contributed by atoms with Crippen LogP contribution in [-0.2, 0) is 9.22 Å². The van der Waals surface area contributed by atoms with Gasteiger partial charge < -0.3 is 14.6 Å². The van der Waals surface area contributed by atoms with E-state index in [0.29, 0.717) is 0 Å². The summed E-state index contributed by atoms with van der Waals surface area (Å²) in [5.74, 6) is -0.297. The number of rotatable bonds is 3. The molecule has 1 unspecified atom stereocenters. The quantitative estimate of drug-likeness (QED) is 0.454. The summed E-state index contributed by atoms with van der Waals surface area (Å²) in [6.45, 7) is 6.51. The van der Waals surface area contributed by atoms with Crippen LogP contribution >= 0.6 is 0 Å². The molecule has 0 aromatic rings. The summed E-state index contributed by atoms with van der Waals surface area (Å²) in [6, 6.07) is 0. The van der Waals surface area contributed by atoms with Crippen LogP contribution in [0.4, 0.5) is 0 Å². The molecule has 0 aromatic heterocycles. The lowest BCUT2D eigenvalue weighted by Gasteiger charge is -1.91. The first-order chi connectivity index (χ1) is 5.58. The Labute approximate surface area is 74.8 Å². The smallest absolute Gasteiger partial charge is 0.316 e. The van der Waals surface area contributed by atoms with Crippen LogP contribution in [0.25, 0.3) is 0 Å². The minimum absolute atomic E-state index is 0.139. The first-order valence-corrected chi connectivity index (χ1v) is 5.65. The van der Waals surface area contributed by atoms with Crippen LogP contribution in [0.5, 0.6) is 0 Å². The number of hydrogen-bond donors (Lipinski definition) is 2. The van der Waals surface area contributed by atoms with E-state index in [4.69, 9.17) is 10.2 Å². The molecular formula is C7H16O4Si. The van der Waals surface area contributed by atoms with Crippen molar-refractivity contribution in [2.24, 2.45) is 0 Å². The second kappa shape index (κ2) is 10.3. The van der Waals surface area contributed by atoms with Crippen LogP contribution in [0.3, 0.4) is 0 Å². The van der Waals surface area contributed by atoms with Gasteiger partial charge in [-0.05, 0) is 13.5 Å². The van der Waals surface area contributed by atoms with Gasteiger partial charge in [-0.1, -0.05) is 6.58 Å². The highest BCUT2D eigenvalue weighted by atomic mass is 28.2. The number of hydrogen-bond acceptors (Lipinski definition) is 4. The van der Waals surface area contributed by atoms with Crippen LogP contribution < -0.4 is 0 Å². The molecule has 0 amide bonds. The predicted octanol–water partition coefficient (Wildman–Crippen LogP) is -0.793. The summed E-state index contributed by atoms with van der Waals surface area (Å²) in [5, 5.41) is 16.0. The minimum atomic E-state index is -0.565. The highest BCUT2D eigenvalue weighted by Gasteiger charge is 1.86. The maximum absolute atomic E-state index is 10.1. The highest BCUT2D eigenvalue weighted by Crippen LogP contribution is 1.72. The summed E-state index contributed by atoms with van der Waals surface area (Å²) in [7, 11) is -0.565. The third-order valence-electron chi connectivity index (χ3n) is 0.717. The molecule has 1 atom stereocenters. The van der Waals surface area contributed by atoms with Crippen LogP contribution in [0.1, 0.15) is 6.92 Å². The third kappa shape index (κ3) is 16.2. The first kappa shape index (κ1) is 13.9. The van der Waals surface area contributed by atoms with E-state index in [1.165, 1.54) is 13.0 Å². The molecule has 0 spiro atoms. The maximum Gasteiger partial charge on any atom is 0.316 e. The maximum atomic E-state index is 10.1. The van der Waals surface area contributed by atoms with Crippen LogP contribution in [0.2, 0.25) is 6.55 Å². The van der Waals surface area contributed by atoms with Gasteiger partial charge in [0.25, 0.3) is 0 Å². The average Bonchev–Trinajstić information content (AvgIpc) is 2.06. The lowest BCUT2D eigenvalue weighted by molar-refractivity contribution is -0.128. The lowest BCUT2D eigenvalue weighted by Crippen LogP contribution is -2.03. The Morgan fingerprint density at radius 3 is 2.33 bits per heavy atom. The number of aliphatic hydroxyl groups is 2. The summed E-state index contributed by atoms with van der Waals surface area (Å²) in [5.41, 5.74) is 0. The zero-order valence-corrected chi connectivity index (χ0v) is 8.90. The molecule has 0 heterocycles. The van der Waals surface area contributed by atoms with Gasteiger partial charge in [-0.25, -0.2) is 4.79 Å². The van der Waals surface area contributed by atoms with Crippen molar-refractivity contribution in [1.82, 2.24) is 0 Å². The van der Waals surface area contributed by atoms with Crippen molar-refractivity contribution in [3.05, 3.63) is 12.7 Å². The van der Waals surface area contributed by atoms with Gasteiger partial charge in [-0.3, -0.25) is 0 Å². The van der Waals surface area contributed by atoms with E-state index in [1.807, 2.05) is 6.55 Å². The zero-order valence-electron chi connectivity index (χ0n) is 7.49. The molecule has 72 valence electrons. The normalized spacial score (nSPS) is 11.7. The van der Waals surface area contributed by atoms with Crippen molar-refractivity contribution >= 4 is 15.7 Å². The van der Waals surface area contributed by atoms with Crippen LogP contribution in [0.15, 0.2) is 12.7 Å². The molecule has 0 aliphatic heterocycles. The van der Waals surface area contributed by atoms with Gasteiger partial charge in [-0.15, -0.1) is 0 Å². The molecule has 0 aromatic carbocycles. The van der Waals surface area contributed by atoms with E-state index in [2.05, 4.69) is 11.0 Å². The van der Waals surface area contributed by atoms with E-state index in [9.17, 15) is 4.79 Å². The summed E-state index contributed by atoms with van der Waals surface area (Å²) < 4.78 is 4.57. The molecule has 0 aliphatic carbocycles. The Morgan fingerprint density at radius 1 is 1.83 bits per heavy atom. The topological polar surface area (TPSA) is 66.8 Å². The Hall–Kier alpha value is -0.653. The Morgan fingerprint density at radius 2 is 2.25 bits per heavy atom. The molecule has 0 aliphatic rings. The van der Waals surface area contributed by atoms with E-state index in [-0.39, 0.29) is 12.6 Å². The zero-order chi connectivity index (χ0) is 9.98.